The molecule has 1 aromatic heterocycles. The Morgan fingerprint density at radius 2 is 1.90 bits per heavy atom. The predicted molar refractivity (Wildman–Crippen MR) is 82.8 cm³/mol. The van der Waals surface area contributed by atoms with Gasteiger partial charge in [-0.15, -0.1) is 11.3 Å². The minimum atomic E-state index is -0.676. The molecule has 0 radical (unpaired) electrons. The highest BCUT2D eigenvalue weighted by atomic mass is 32.1. The van der Waals surface area contributed by atoms with E-state index in [0.717, 1.165) is 0 Å². The predicted octanol–water partition coefficient (Wildman–Crippen LogP) is 2.85. The standard InChI is InChI=1S/C15H23NO4S/c1-9(2)12(14(18)20-15(3,4)5)16-13(17)11-7-10(19-6)8-21-11/h7-9,12H,1-6H3,(H,16,17)/t12-/m1/s1. The lowest BCUT2D eigenvalue weighted by Crippen LogP contribution is -2.47. The molecule has 0 aliphatic heterocycles. The number of methoxy groups -OCH3 is 1. The molecule has 0 saturated heterocycles. The molecule has 1 rings (SSSR count). The largest absolute Gasteiger partial charge is 0.496 e. The second-order valence-electron chi connectivity index (χ2n) is 6.08. The monoisotopic (exact) mass is 313 g/mol. The maximum Gasteiger partial charge on any atom is 0.329 e. The van der Waals surface area contributed by atoms with Gasteiger partial charge in [-0.1, -0.05) is 13.8 Å². The summed E-state index contributed by atoms with van der Waals surface area (Å²) in [6, 6.07) is 0.969. The summed E-state index contributed by atoms with van der Waals surface area (Å²) >= 11 is 1.27. The number of carbonyl (C=O) groups is 2. The molecule has 0 fully saturated rings. The molecule has 0 saturated carbocycles. The number of ether oxygens (including phenoxy) is 2. The van der Waals surface area contributed by atoms with E-state index < -0.39 is 17.6 Å². The molecule has 118 valence electrons. The lowest BCUT2D eigenvalue weighted by molar-refractivity contribution is -0.158. The molecule has 1 aromatic rings. The van der Waals surface area contributed by atoms with Gasteiger partial charge in [-0.3, -0.25) is 4.79 Å². The van der Waals surface area contributed by atoms with Crippen LogP contribution in [0.1, 0.15) is 44.3 Å². The quantitative estimate of drug-likeness (QED) is 0.849. The van der Waals surface area contributed by atoms with Crippen LogP contribution in [-0.2, 0) is 9.53 Å². The number of thiophene rings is 1. The third kappa shape index (κ3) is 5.38. The van der Waals surface area contributed by atoms with E-state index in [0.29, 0.717) is 10.6 Å². The second kappa shape index (κ2) is 6.93. The van der Waals surface area contributed by atoms with Crippen LogP contribution in [0.15, 0.2) is 11.4 Å². The van der Waals surface area contributed by atoms with Gasteiger partial charge in [-0.2, -0.15) is 0 Å². The average Bonchev–Trinajstić information content (AvgIpc) is 2.81. The van der Waals surface area contributed by atoms with Crippen LogP contribution >= 0.6 is 11.3 Å². The minimum Gasteiger partial charge on any atom is -0.496 e. The van der Waals surface area contributed by atoms with Gasteiger partial charge in [0.05, 0.1) is 12.0 Å². The van der Waals surface area contributed by atoms with Crippen molar-refractivity contribution in [2.24, 2.45) is 5.92 Å². The number of amides is 1. The fourth-order valence-electron chi connectivity index (χ4n) is 1.62. The Balaban J connectivity index is 2.78. The lowest BCUT2D eigenvalue weighted by atomic mass is 10.0. The van der Waals surface area contributed by atoms with Crippen molar-refractivity contribution in [1.82, 2.24) is 5.32 Å². The Kier molecular flexibility index (Phi) is 5.78. The first-order chi connectivity index (χ1) is 9.64. The fraction of sp³-hybridized carbons (Fsp3) is 0.600. The van der Waals surface area contributed by atoms with Gasteiger partial charge in [0.25, 0.3) is 5.91 Å². The van der Waals surface area contributed by atoms with Gasteiger partial charge in [0, 0.05) is 11.4 Å². The molecule has 1 atom stereocenters. The number of carbonyl (C=O) groups excluding carboxylic acids is 2. The second-order valence-corrected chi connectivity index (χ2v) is 6.99. The molecule has 0 aromatic carbocycles. The van der Waals surface area contributed by atoms with E-state index in [4.69, 9.17) is 9.47 Å². The average molecular weight is 313 g/mol. The van der Waals surface area contributed by atoms with Gasteiger partial charge in [0.15, 0.2) is 0 Å². The number of rotatable bonds is 5. The van der Waals surface area contributed by atoms with Crippen LogP contribution in [0.5, 0.6) is 5.75 Å². The fourth-order valence-corrected chi connectivity index (χ4v) is 2.38. The third-order valence-electron chi connectivity index (χ3n) is 2.65. The molecule has 1 amide bonds. The van der Waals surface area contributed by atoms with Crippen molar-refractivity contribution in [1.29, 1.82) is 0 Å². The maximum atomic E-state index is 12.2. The summed E-state index contributed by atoms with van der Waals surface area (Å²) in [6.45, 7) is 9.13. The molecule has 0 aliphatic rings. The Bertz CT molecular complexity index is 502. The molecule has 0 spiro atoms. The molecule has 21 heavy (non-hydrogen) atoms. The van der Waals surface area contributed by atoms with Crippen molar-refractivity contribution in [2.45, 2.75) is 46.3 Å². The van der Waals surface area contributed by atoms with Crippen molar-refractivity contribution in [2.75, 3.05) is 7.11 Å². The van der Waals surface area contributed by atoms with Gasteiger partial charge < -0.3 is 14.8 Å². The SMILES string of the molecule is COc1csc(C(=O)N[C@@H](C(=O)OC(C)(C)C)C(C)C)c1. The highest BCUT2D eigenvalue weighted by molar-refractivity contribution is 7.12. The van der Waals surface area contributed by atoms with Crippen LogP contribution in [-0.4, -0.2) is 30.6 Å². The van der Waals surface area contributed by atoms with Crippen LogP contribution < -0.4 is 10.1 Å². The van der Waals surface area contributed by atoms with Crippen LogP contribution in [0.25, 0.3) is 0 Å². The zero-order chi connectivity index (χ0) is 16.2. The van der Waals surface area contributed by atoms with E-state index >= 15 is 0 Å². The summed E-state index contributed by atoms with van der Waals surface area (Å²) in [6.07, 6.45) is 0. The first kappa shape index (κ1) is 17.5. The number of hydrogen-bond donors (Lipinski definition) is 1. The van der Waals surface area contributed by atoms with E-state index in [-0.39, 0.29) is 11.8 Å². The van der Waals surface area contributed by atoms with E-state index in [1.165, 1.54) is 11.3 Å². The Hall–Kier alpha value is -1.56. The summed E-state index contributed by atoms with van der Waals surface area (Å²) in [7, 11) is 1.54. The zero-order valence-electron chi connectivity index (χ0n) is 13.4. The summed E-state index contributed by atoms with van der Waals surface area (Å²) in [5, 5.41) is 4.48. The summed E-state index contributed by atoms with van der Waals surface area (Å²) in [4.78, 5) is 24.9. The van der Waals surface area contributed by atoms with Crippen LogP contribution in [0.2, 0.25) is 0 Å². The van der Waals surface area contributed by atoms with Crippen molar-refractivity contribution in [3.63, 3.8) is 0 Å². The lowest BCUT2D eigenvalue weighted by Gasteiger charge is -2.26. The van der Waals surface area contributed by atoms with Crippen molar-refractivity contribution < 1.29 is 19.1 Å². The van der Waals surface area contributed by atoms with Gasteiger partial charge in [0.1, 0.15) is 17.4 Å². The Labute approximate surface area is 129 Å². The number of nitrogens with one attached hydrogen (secondary N) is 1. The van der Waals surface area contributed by atoms with Gasteiger partial charge in [0.2, 0.25) is 0 Å². The molecule has 6 heteroatoms. The number of esters is 1. The molecule has 1 N–H and O–H groups in total. The molecular weight excluding hydrogens is 290 g/mol. The van der Waals surface area contributed by atoms with Gasteiger partial charge >= 0.3 is 5.97 Å². The Morgan fingerprint density at radius 3 is 2.33 bits per heavy atom. The molecule has 0 bridgehead atoms. The van der Waals surface area contributed by atoms with Crippen LogP contribution in [0.4, 0.5) is 0 Å². The topological polar surface area (TPSA) is 64.6 Å². The maximum absolute atomic E-state index is 12.2. The van der Waals surface area contributed by atoms with E-state index in [9.17, 15) is 9.59 Å². The summed E-state index contributed by atoms with van der Waals surface area (Å²) in [5.41, 5.74) is -0.582. The van der Waals surface area contributed by atoms with Crippen LogP contribution in [0, 0.1) is 5.92 Å². The van der Waals surface area contributed by atoms with Crippen LogP contribution in [0.3, 0.4) is 0 Å². The highest BCUT2D eigenvalue weighted by Gasteiger charge is 2.29. The van der Waals surface area contributed by atoms with Crippen molar-refractivity contribution in [3.05, 3.63) is 16.3 Å². The molecule has 0 unspecified atom stereocenters. The summed E-state index contributed by atoms with van der Waals surface area (Å²) < 4.78 is 10.4. The van der Waals surface area contributed by atoms with Crippen molar-refractivity contribution >= 4 is 23.2 Å². The summed E-state index contributed by atoms with van der Waals surface area (Å²) in [5.74, 6) is -0.156. The highest BCUT2D eigenvalue weighted by Crippen LogP contribution is 2.21. The normalized spacial score (nSPS) is 12.9. The van der Waals surface area contributed by atoms with E-state index in [1.807, 2.05) is 13.8 Å². The smallest absolute Gasteiger partial charge is 0.329 e. The minimum absolute atomic E-state index is 0.0642. The van der Waals surface area contributed by atoms with Crippen molar-refractivity contribution in [3.8, 4) is 5.75 Å². The van der Waals surface area contributed by atoms with Gasteiger partial charge in [-0.25, -0.2) is 4.79 Å². The molecule has 1 heterocycles. The van der Waals surface area contributed by atoms with Gasteiger partial charge in [-0.05, 0) is 26.7 Å². The molecule has 5 nitrogen and oxygen atoms in total. The van der Waals surface area contributed by atoms with E-state index in [2.05, 4.69) is 5.32 Å². The first-order valence-corrected chi connectivity index (χ1v) is 7.68. The van der Waals surface area contributed by atoms with E-state index in [1.54, 1.807) is 39.3 Å². The Morgan fingerprint density at radius 1 is 1.29 bits per heavy atom. The first-order valence-electron chi connectivity index (χ1n) is 6.80. The third-order valence-corrected chi connectivity index (χ3v) is 3.56. The molecular formula is C15H23NO4S. The molecule has 0 aliphatic carbocycles. The zero-order valence-corrected chi connectivity index (χ0v) is 14.2. The number of hydrogen-bond acceptors (Lipinski definition) is 5.